The van der Waals surface area contributed by atoms with Gasteiger partial charge in [0, 0.05) is 4.90 Å². The highest BCUT2D eigenvalue weighted by Gasteiger charge is 2.39. The zero-order valence-corrected chi connectivity index (χ0v) is 20.0. The number of hydrogen-bond donors (Lipinski definition) is 1. The Morgan fingerprint density at radius 3 is 2.62 bits per heavy atom. The average Bonchev–Trinajstić information content (AvgIpc) is 3.33. The maximum Gasteiger partial charge on any atom is 0.283 e. The Morgan fingerprint density at radius 2 is 1.94 bits per heavy atom. The Labute approximate surface area is 194 Å². The smallest absolute Gasteiger partial charge is 0.283 e. The maximum atomic E-state index is 12.5. The largest absolute Gasteiger partial charge is 0.450 e. The number of fused-ring (bicyclic) bond motifs is 1. The second kappa shape index (κ2) is 8.72. The highest BCUT2D eigenvalue weighted by molar-refractivity contribution is 8.42. The van der Waals surface area contributed by atoms with Gasteiger partial charge in [0.2, 0.25) is 19.4 Å². The van der Waals surface area contributed by atoms with Crippen LogP contribution in [0, 0.1) is 18.3 Å². The van der Waals surface area contributed by atoms with E-state index in [1.807, 2.05) is 31.2 Å². The Kier molecular flexibility index (Phi) is 6.15. The van der Waals surface area contributed by atoms with Gasteiger partial charge in [-0.2, -0.15) is 10.0 Å². The summed E-state index contributed by atoms with van der Waals surface area (Å²) >= 11 is 2.23. The number of nitrogens with one attached hydrogen (secondary N) is 1. The molecule has 0 atom stereocenters. The van der Waals surface area contributed by atoms with Crippen molar-refractivity contribution in [1.82, 2.24) is 5.01 Å². The van der Waals surface area contributed by atoms with E-state index in [4.69, 9.17) is 9.83 Å². The van der Waals surface area contributed by atoms with E-state index in [-0.39, 0.29) is 32.6 Å². The molecule has 8 nitrogen and oxygen atoms in total. The number of amides is 1. The lowest BCUT2D eigenvalue weighted by molar-refractivity contribution is -0.114. The molecule has 0 saturated carbocycles. The lowest BCUT2D eigenvalue weighted by Gasteiger charge is -2.19. The number of hydrogen-bond acceptors (Lipinski definition) is 8. The number of hydrazone groups is 1. The Morgan fingerprint density at radius 1 is 1.22 bits per heavy atom. The first-order valence-corrected chi connectivity index (χ1v) is 13.0. The van der Waals surface area contributed by atoms with Gasteiger partial charge in [-0.1, -0.05) is 43.3 Å². The van der Waals surface area contributed by atoms with E-state index < -0.39 is 15.7 Å². The standard InChI is InChI=1S/C21H20N4O4S3/c1-12(2)11-32(27,28)21-24-25-18(22)16(19(26)23-20(25)31-21)10-14-6-9-17(29-14)30-15-7-4-13(3)5-8-15/h4-10,12,22H,11H2,1-3H3/b16-10-,22-18?. The molecule has 1 aromatic heterocycles. The minimum absolute atomic E-state index is 0.0261. The van der Waals surface area contributed by atoms with Crippen LogP contribution in [0.15, 0.2) is 66.5 Å². The van der Waals surface area contributed by atoms with E-state index >= 15 is 0 Å². The van der Waals surface area contributed by atoms with Crippen LogP contribution < -0.4 is 0 Å². The summed E-state index contributed by atoms with van der Waals surface area (Å²) in [4.78, 5) is 17.5. The Bertz CT molecular complexity index is 1290. The molecule has 11 heteroatoms. The van der Waals surface area contributed by atoms with Crippen molar-refractivity contribution < 1.29 is 17.6 Å². The van der Waals surface area contributed by atoms with Crippen molar-refractivity contribution in [3.63, 3.8) is 0 Å². The summed E-state index contributed by atoms with van der Waals surface area (Å²) in [5.74, 6) is -0.653. The lowest BCUT2D eigenvalue weighted by Crippen LogP contribution is -2.35. The van der Waals surface area contributed by atoms with Crippen molar-refractivity contribution in [1.29, 1.82) is 5.41 Å². The fourth-order valence-corrected chi connectivity index (χ4v) is 6.51. The van der Waals surface area contributed by atoms with Gasteiger partial charge in [-0.3, -0.25) is 10.2 Å². The van der Waals surface area contributed by atoms with Crippen LogP contribution in [0.5, 0.6) is 0 Å². The van der Waals surface area contributed by atoms with Gasteiger partial charge in [-0.15, -0.1) is 5.10 Å². The predicted octanol–water partition coefficient (Wildman–Crippen LogP) is 4.39. The SMILES string of the molecule is Cc1ccc(Sc2ccc(/C=C3/C(=N)N4N=C(S(=O)(=O)CC(C)C)SC4=NC3=O)o2)cc1. The molecule has 2 aliphatic heterocycles. The first kappa shape index (κ1) is 22.6. The topological polar surface area (TPSA) is 116 Å². The first-order chi connectivity index (χ1) is 15.1. The minimum Gasteiger partial charge on any atom is -0.450 e. The first-order valence-electron chi connectivity index (χ1n) is 9.70. The van der Waals surface area contributed by atoms with Crippen molar-refractivity contribution in [2.45, 2.75) is 30.8 Å². The highest BCUT2D eigenvalue weighted by Crippen LogP contribution is 2.33. The van der Waals surface area contributed by atoms with Crippen LogP contribution in [0.25, 0.3) is 6.08 Å². The van der Waals surface area contributed by atoms with Crippen LogP contribution in [0.4, 0.5) is 0 Å². The number of carbonyl (C=O) groups is 1. The van der Waals surface area contributed by atoms with Crippen LogP contribution >= 0.6 is 23.5 Å². The summed E-state index contributed by atoms with van der Waals surface area (Å²) in [6.07, 6.45) is 1.42. The summed E-state index contributed by atoms with van der Waals surface area (Å²) in [6, 6.07) is 11.5. The van der Waals surface area contributed by atoms with E-state index in [9.17, 15) is 13.2 Å². The lowest BCUT2D eigenvalue weighted by atomic mass is 10.1. The number of carbonyl (C=O) groups excluding carboxylic acids is 1. The molecular formula is C21H20N4O4S3. The number of rotatable bonds is 5. The highest BCUT2D eigenvalue weighted by atomic mass is 32.3. The molecule has 0 bridgehead atoms. The van der Waals surface area contributed by atoms with Gasteiger partial charge in [0.15, 0.2) is 10.9 Å². The number of benzene rings is 1. The number of thioether (sulfide) groups is 1. The molecule has 1 N–H and O–H groups in total. The summed E-state index contributed by atoms with van der Waals surface area (Å²) < 4.78 is 30.6. The van der Waals surface area contributed by atoms with Gasteiger partial charge in [0.1, 0.15) is 5.76 Å². The molecule has 1 amide bonds. The molecular weight excluding hydrogens is 468 g/mol. The second-order valence-electron chi connectivity index (χ2n) is 7.63. The van der Waals surface area contributed by atoms with E-state index in [1.165, 1.54) is 17.8 Å². The summed E-state index contributed by atoms with van der Waals surface area (Å²) in [5.41, 5.74) is 1.14. The molecule has 1 aromatic carbocycles. The fraction of sp³-hybridized carbons (Fsp3) is 0.238. The van der Waals surface area contributed by atoms with Crippen LogP contribution in [0.3, 0.4) is 0 Å². The summed E-state index contributed by atoms with van der Waals surface area (Å²) in [7, 11) is -3.62. The number of amidine groups is 2. The van der Waals surface area contributed by atoms with Gasteiger partial charge in [-0.25, -0.2) is 8.42 Å². The monoisotopic (exact) mass is 488 g/mol. The molecule has 4 rings (SSSR count). The molecule has 32 heavy (non-hydrogen) atoms. The van der Waals surface area contributed by atoms with Crippen LogP contribution in [0.1, 0.15) is 25.2 Å². The van der Waals surface area contributed by atoms with Crippen LogP contribution in [-0.2, 0) is 14.6 Å². The molecule has 0 spiro atoms. The van der Waals surface area contributed by atoms with Gasteiger partial charge in [-0.05, 0) is 54.9 Å². The number of sulfone groups is 1. The van der Waals surface area contributed by atoms with Crippen molar-refractivity contribution in [2.24, 2.45) is 16.0 Å². The second-order valence-corrected chi connectivity index (χ2v) is 11.9. The van der Waals surface area contributed by atoms with Crippen molar-refractivity contribution in [3.8, 4) is 0 Å². The summed E-state index contributed by atoms with van der Waals surface area (Å²) in [6.45, 7) is 5.61. The van der Waals surface area contributed by atoms with Crippen molar-refractivity contribution in [3.05, 3.63) is 53.3 Å². The molecule has 2 aromatic rings. The van der Waals surface area contributed by atoms with E-state index in [1.54, 1.807) is 26.0 Å². The minimum atomic E-state index is -3.62. The van der Waals surface area contributed by atoms with Gasteiger partial charge >= 0.3 is 0 Å². The van der Waals surface area contributed by atoms with Crippen LogP contribution in [-0.4, -0.2) is 40.5 Å². The third-order valence-corrected chi connectivity index (χ3v) is 8.75. The normalized spacial score (nSPS) is 17.8. The molecule has 0 radical (unpaired) electrons. The molecule has 0 fully saturated rings. The molecule has 0 aliphatic carbocycles. The van der Waals surface area contributed by atoms with Crippen molar-refractivity contribution in [2.75, 3.05) is 5.75 Å². The van der Waals surface area contributed by atoms with E-state index in [0.29, 0.717) is 10.9 Å². The summed E-state index contributed by atoms with van der Waals surface area (Å²) in [5, 5.41) is 14.2. The number of aliphatic imine (C=N–C) groups is 1. The molecule has 2 aliphatic rings. The Hall–Kier alpha value is -2.63. The zero-order valence-electron chi connectivity index (χ0n) is 17.5. The van der Waals surface area contributed by atoms with Gasteiger partial charge < -0.3 is 4.42 Å². The van der Waals surface area contributed by atoms with E-state index in [2.05, 4.69) is 10.1 Å². The Balaban J connectivity index is 1.56. The van der Waals surface area contributed by atoms with Gasteiger partial charge in [0.25, 0.3) is 5.91 Å². The van der Waals surface area contributed by atoms with Gasteiger partial charge in [0.05, 0.1) is 11.3 Å². The average molecular weight is 489 g/mol. The number of nitrogens with zero attached hydrogens (tertiary/aromatic N) is 3. The predicted molar refractivity (Wildman–Crippen MR) is 128 cm³/mol. The number of furan rings is 1. The van der Waals surface area contributed by atoms with Crippen LogP contribution in [0.2, 0.25) is 0 Å². The fourth-order valence-electron chi connectivity index (χ4n) is 2.94. The van der Waals surface area contributed by atoms with E-state index in [0.717, 1.165) is 27.2 Å². The van der Waals surface area contributed by atoms with Crippen molar-refractivity contribution >= 4 is 60.7 Å². The molecule has 166 valence electrons. The quantitative estimate of drug-likeness (QED) is 0.621. The third-order valence-electron chi connectivity index (χ3n) is 4.38. The number of aryl methyl sites for hydroxylation is 1. The molecule has 0 unspecified atom stereocenters. The molecule has 0 saturated heterocycles. The third kappa shape index (κ3) is 4.74. The zero-order chi connectivity index (χ0) is 23.0. The maximum absolute atomic E-state index is 12.5. The molecule has 3 heterocycles.